The van der Waals surface area contributed by atoms with Crippen LogP contribution in [0.3, 0.4) is 0 Å². The zero-order chi connectivity index (χ0) is 15.0. The number of sulfonamides is 1. The summed E-state index contributed by atoms with van der Waals surface area (Å²) >= 11 is 0. The van der Waals surface area contributed by atoms with E-state index in [1.807, 2.05) is 0 Å². The van der Waals surface area contributed by atoms with Crippen LogP contribution in [0.25, 0.3) is 0 Å². The molecule has 0 radical (unpaired) electrons. The van der Waals surface area contributed by atoms with Crippen LogP contribution in [0.2, 0.25) is 0 Å². The number of nitrogens with two attached hydrogens (primary N) is 1. The number of hydrogen-bond donors (Lipinski definition) is 1. The fourth-order valence-corrected chi connectivity index (χ4v) is 2.85. The molecule has 0 saturated heterocycles. The van der Waals surface area contributed by atoms with Crippen molar-refractivity contribution in [1.29, 1.82) is 0 Å². The van der Waals surface area contributed by atoms with E-state index < -0.39 is 10.0 Å². The minimum Gasteiger partial charge on any atom is -0.492 e. The molecule has 1 rings (SSSR count). The Labute approximate surface area is 121 Å². The van der Waals surface area contributed by atoms with Crippen molar-refractivity contribution < 1.29 is 13.2 Å². The molecule has 2 N–H and O–H groups in total. The molecule has 0 saturated carbocycles. The molecule has 0 aliphatic rings. The number of nitrogens with zero attached hydrogens (tertiary/aromatic N) is 1. The molecule has 0 aliphatic heterocycles. The lowest BCUT2D eigenvalue weighted by atomic mass is 10.3. The van der Waals surface area contributed by atoms with Crippen LogP contribution in [0, 0.1) is 0 Å². The molecule has 0 heterocycles. The highest BCUT2D eigenvalue weighted by molar-refractivity contribution is 7.89. The van der Waals surface area contributed by atoms with Crippen molar-refractivity contribution >= 4 is 10.0 Å². The van der Waals surface area contributed by atoms with E-state index in [1.54, 1.807) is 37.4 Å². The van der Waals surface area contributed by atoms with Gasteiger partial charge in [0.05, 0.1) is 4.90 Å². The van der Waals surface area contributed by atoms with Gasteiger partial charge in [0, 0.05) is 20.1 Å². The highest BCUT2D eigenvalue weighted by atomic mass is 32.2. The van der Waals surface area contributed by atoms with Crippen LogP contribution in [-0.4, -0.2) is 39.5 Å². The van der Waals surface area contributed by atoms with Crippen LogP contribution in [0.15, 0.2) is 41.8 Å². The summed E-state index contributed by atoms with van der Waals surface area (Å²) in [6.45, 7) is 4.93. The minimum absolute atomic E-state index is 0.263. The molecule has 0 aromatic heterocycles. The van der Waals surface area contributed by atoms with Gasteiger partial charge in [-0.2, -0.15) is 0 Å². The van der Waals surface area contributed by atoms with Crippen molar-refractivity contribution in [3.8, 4) is 5.75 Å². The zero-order valence-electron chi connectivity index (χ0n) is 11.8. The van der Waals surface area contributed by atoms with Gasteiger partial charge in [-0.05, 0) is 37.1 Å². The molecular formula is C14H22N2O3S. The van der Waals surface area contributed by atoms with E-state index in [1.165, 1.54) is 4.31 Å². The molecule has 1 aromatic carbocycles. The van der Waals surface area contributed by atoms with Gasteiger partial charge in [0.15, 0.2) is 0 Å². The first-order valence-corrected chi connectivity index (χ1v) is 7.96. The van der Waals surface area contributed by atoms with Crippen LogP contribution < -0.4 is 10.5 Å². The predicted octanol–water partition coefficient (Wildman–Crippen LogP) is 1.61. The topological polar surface area (TPSA) is 72.6 Å². The Kier molecular flexibility index (Phi) is 6.70. The molecule has 5 nitrogen and oxygen atoms in total. The SMILES string of the molecule is C=CCCCN(C)S(=O)(=O)c1ccc(OCCN)cc1. The maximum absolute atomic E-state index is 12.3. The second kappa shape index (κ2) is 8.04. The van der Waals surface area contributed by atoms with E-state index in [4.69, 9.17) is 10.5 Å². The quantitative estimate of drug-likeness (QED) is 0.555. The third kappa shape index (κ3) is 4.63. The first kappa shape index (κ1) is 16.7. The second-order valence-electron chi connectivity index (χ2n) is 4.37. The highest BCUT2D eigenvalue weighted by Crippen LogP contribution is 2.19. The van der Waals surface area contributed by atoms with Crippen molar-refractivity contribution in [2.24, 2.45) is 5.73 Å². The number of allylic oxidation sites excluding steroid dienone is 1. The summed E-state index contributed by atoms with van der Waals surface area (Å²) in [5.41, 5.74) is 5.34. The van der Waals surface area contributed by atoms with Gasteiger partial charge in [-0.15, -0.1) is 6.58 Å². The Balaban J connectivity index is 2.73. The Hall–Kier alpha value is -1.37. The first-order valence-electron chi connectivity index (χ1n) is 6.52. The number of hydrogen-bond acceptors (Lipinski definition) is 4. The number of unbranched alkanes of at least 4 members (excludes halogenated alkanes) is 1. The number of benzene rings is 1. The van der Waals surface area contributed by atoms with Crippen LogP contribution in [0.4, 0.5) is 0 Å². The summed E-state index contributed by atoms with van der Waals surface area (Å²) in [4.78, 5) is 0.263. The monoisotopic (exact) mass is 298 g/mol. The summed E-state index contributed by atoms with van der Waals surface area (Å²) in [5, 5.41) is 0. The fourth-order valence-electron chi connectivity index (χ4n) is 1.64. The van der Waals surface area contributed by atoms with Gasteiger partial charge in [-0.1, -0.05) is 6.08 Å². The van der Waals surface area contributed by atoms with Crippen LogP contribution in [0.1, 0.15) is 12.8 Å². The predicted molar refractivity (Wildman–Crippen MR) is 80.2 cm³/mol. The molecule has 112 valence electrons. The Morgan fingerprint density at radius 1 is 1.35 bits per heavy atom. The standard InChI is InChI=1S/C14H22N2O3S/c1-3-4-5-11-16(2)20(17,18)14-8-6-13(7-9-14)19-12-10-15/h3,6-9H,1,4-5,10-12,15H2,2H3. The van der Waals surface area contributed by atoms with Crippen molar-refractivity contribution in [2.75, 3.05) is 26.7 Å². The van der Waals surface area contributed by atoms with Gasteiger partial charge in [0.25, 0.3) is 0 Å². The molecular weight excluding hydrogens is 276 g/mol. The lowest BCUT2D eigenvalue weighted by molar-refractivity contribution is 0.328. The highest BCUT2D eigenvalue weighted by Gasteiger charge is 2.19. The summed E-state index contributed by atoms with van der Waals surface area (Å²) in [6, 6.07) is 6.37. The zero-order valence-corrected chi connectivity index (χ0v) is 12.6. The molecule has 1 aromatic rings. The van der Waals surface area contributed by atoms with Gasteiger partial charge in [0.2, 0.25) is 10.0 Å². The number of ether oxygens (including phenoxy) is 1. The van der Waals surface area contributed by atoms with E-state index in [0.29, 0.717) is 25.4 Å². The van der Waals surface area contributed by atoms with Gasteiger partial charge in [-0.25, -0.2) is 12.7 Å². The van der Waals surface area contributed by atoms with E-state index in [-0.39, 0.29) is 4.90 Å². The van der Waals surface area contributed by atoms with E-state index in [9.17, 15) is 8.42 Å². The average molecular weight is 298 g/mol. The van der Waals surface area contributed by atoms with Crippen molar-refractivity contribution in [2.45, 2.75) is 17.7 Å². The van der Waals surface area contributed by atoms with Crippen LogP contribution in [0.5, 0.6) is 5.75 Å². The lowest BCUT2D eigenvalue weighted by Crippen LogP contribution is -2.27. The molecule has 20 heavy (non-hydrogen) atoms. The minimum atomic E-state index is -3.44. The fraction of sp³-hybridized carbons (Fsp3) is 0.429. The second-order valence-corrected chi connectivity index (χ2v) is 6.41. The molecule has 0 atom stereocenters. The maximum Gasteiger partial charge on any atom is 0.242 e. The van der Waals surface area contributed by atoms with Crippen molar-refractivity contribution in [1.82, 2.24) is 4.31 Å². The normalized spacial score (nSPS) is 11.6. The smallest absolute Gasteiger partial charge is 0.242 e. The molecule has 6 heteroatoms. The first-order chi connectivity index (χ1) is 9.52. The summed E-state index contributed by atoms with van der Waals surface area (Å²) < 4.78 is 31.3. The lowest BCUT2D eigenvalue weighted by Gasteiger charge is -2.17. The van der Waals surface area contributed by atoms with E-state index >= 15 is 0 Å². The van der Waals surface area contributed by atoms with Gasteiger partial charge in [-0.3, -0.25) is 0 Å². The van der Waals surface area contributed by atoms with Crippen LogP contribution in [-0.2, 0) is 10.0 Å². The summed E-state index contributed by atoms with van der Waals surface area (Å²) in [6.07, 6.45) is 3.34. The van der Waals surface area contributed by atoms with E-state index in [0.717, 1.165) is 12.8 Å². The molecule has 0 aliphatic carbocycles. The molecule has 0 fully saturated rings. The van der Waals surface area contributed by atoms with E-state index in [2.05, 4.69) is 6.58 Å². The third-order valence-electron chi connectivity index (χ3n) is 2.80. The molecule has 0 spiro atoms. The molecule has 0 amide bonds. The molecule has 0 bridgehead atoms. The largest absolute Gasteiger partial charge is 0.492 e. The van der Waals surface area contributed by atoms with Crippen LogP contribution >= 0.6 is 0 Å². The Morgan fingerprint density at radius 2 is 2.00 bits per heavy atom. The third-order valence-corrected chi connectivity index (χ3v) is 4.67. The maximum atomic E-state index is 12.3. The Morgan fingerprint density at radius 3 is 2.55 bits per heavy atom. The summed E-state index contributed by atoms with van der Waals surface area (Å²) in [7, 11) is -1.86. The average Bonchev–Trinajstić information content (AvgIpc) is 2.45. The van der Waals surface area contributed by atoms with Crippen molar-refractivity contribution in [3.05, 3.63) is 36.9 Å². The van der Waals surface area contributed by atoms with Gasteiger partial charge in [0.1, 0.15) is 12.4 Å². The summed E-state index contributed by atoms with van der Waals surface area (Å²) in [5.74, 6) is 0.615. The number of rotatable bonds is 9. The van der Waals surface area contributed by atoms with Crippen molar-refractivity contribution in [3.63, 3.8) is 0 Å². The van der Waals surface area contributed by atoms with Gasteiger partial charge < -0.3 is 10.5 Å². The van der Waals surface area contributed by atoms with Gasteiger partial charge >= 0.3 is 0 Å². The Bertz CT molecular complexity index is 512. The molecule has 0 unspecified atom stereocenters.